The molecule has 0 N–H and O–H groups in total. The summed E-state index contributed by atoms with van der Waals surface area (Å²) in [5, 5.41) is 0.816. The molecule has 0 bridgehead atoms. The molecule has 28 heavy (non-hydrogen) atoms. The molecule has 1 aliphatic heterocycles. The lowest BCUT2D eigenvalue weighted by Gasteiger charge is -2.36. The van der Waals surface area contributed by atoms with Gasteiger partial charge in [-0.15, -0.1) is 0 Å². The second-order valence-electron chi connectivity index (χ2n) is 6.57. The lowest BCUT2D eigenvalue weighted by molar-refractivity contribution is 0.0715. The van der Waals surface area contributed by atoms with Crippen molar-refractivity contribution in [3.63, 3.8) is 0 Å². The number of hydrogen-bond donors (Lipinski definition) is 0. The van der Waals surface area contributed by atoms with Crippen LogP contribution in [-0.2, 0) is 0 Å². The summed E-state index contributed by atoms with van der Waals surface area (Å²) < 4.78 is 11.1. The third kappa shape index (κ3) is 3.43. The van der Waals surface area contributed by atoms with Gasteiger partial charge in [-0.1, -0.05) is 23.7 Å². The van der Waals surface area contributed by atoms with Crippen molar-refractivity contribution in [1.82, 2.24) is 4.90 Å². The van der Waals surface area contributed by atoms with Crippen LogP contribution in [0.2, 0.25) is 5.02 Å². The van der Waals surface area contributed by atoms with Crippen LogP contribution in [-0.4, -0.2) is 44.1 Å². The van der Waals surface area contributed by atoms with Gasteiger partial charge in [0.1, 0.15) is 11.3 Å². The Morgan fingerprint density at radius 2 is 1.82 bits per heavy atom. The number of ether oxygens (including phenoxy) is 1. The highest BCUT2D eigenvalue weighted by atomic mass is 35.5. The zero-order valence-corrected chi connectivity index (χ0v) is 16.1. The van der Waals surface area contributed by atoms with Crippen molar-refractivity contribution in [2.45, 2.75) is 0 Å². The summed E-state index contributed by atoms with van der Waals surface area (Å²) in [5.41, 5.74) is 1.08. The summed E-state index contributed by atoms with van der Waals surface area (Å²) in [7, 11) is 1.65. The Hall–Kier alpha value is -2.99. The quantitative estimate of drug-likeness (QED) is 0.676. The van der Waals surface area contributed by atoms with Gasteiger partial charge in [-0.3, -0.25) is 9.59 Å². The maximum Gasteiger partial charge on any atom is 0.289 e. The van der Waals surface area contributed by atoms with E-state index < -0.39 is 0 Å². The Kier molecular flexibility index (Phi) is 4.96. The van der Waals surface area contributed by atoms with Gasteiger partial charge in [0.25, 0.3) is 5.91 Å². The fourth-order valence-electron chi connectivity index (χ4n) is 3.43. The topological polar surface area (TPSA) is 63.0 Å². The number of nitrogens with zero attached hydrogens (tertiary/aromatic N) is 2. The molecule has 0 saturated carbocycles. The molecule has 6 nitrogen and oxygen atoms in total. The molecule has 4 rings (SSSR count). The molecule has 7 heteroatoms. The molecule has 1 aliphatic rings. The average Bonchev–Trinajstić information content (AvgIpc) is 2.73. The van der Waals surface area contributed by atoms with E-state index in [1.54, 1.807) is 30.2 Å². The largest absolute Gasteiger partial charge is 0.495 e. The minimum atomic E-state index is -0.284. The maximum absolute atomic E-state index is 12.9. The van der Waals surface area contributed by atoms with Crippen molar-refractivity contribution in [2.75, 3.05) is 38.2 Å². The number of para-hydroxylation sites is 2. The van der Waals surface area contributed by atoms with Crippen LogP contribution in [0, 0.1) is 0 Å². The normalized spacial score (nSPS) is 14.4. The standard InChI is InChI=1S/C21H19ClN2O4/c1-27-19-5-3-2-4-16(19)23-8-10-24(11-9-23)21(26)20-13-17(25)15-12-14(22)6-7-18(15)28-20/h2-7,12-13H,8-11H2,1H3. The summed E-state index contributed by atoms with van der Waals surface area (Å²) in [5.74, 6) is 0.570. The molecule has 0 aliphatic carbocycles. The molecule has 1 saturated heterocycles. The summed E-state index contributed by atoms with van der Waals surface area (Å²) in [6.45, 7) is 2.39. The Morgan fingerprint density at radius 3 is 2.57 bits per heavy atom. The van der Waals surface area contributed by atoms with Crippen LogP contribution in [0.25, 0.3) is 11.0 Å². The van der Waals surface area contributed by atoms with Crippen molar-refractivity contribution in [1.29, 1.82) is 0 Å². The minimum Gasteiger partial charge on any atom is -0.495 e. The Morgan fingerprint density at radius 1 is 1.07 bits per heavy atom. The number of piperazine rings is 1. The highest BCUT2D eigenvalue weighted by Crippen LogP contribution is 2.28. The van der Waals surface area contributed by atoms with E-state index in [1.807, 2.05) is 24.3 Å². The number of hydrogen-bond acceptors (Lipinski definition) is 5. The first kappa shape index (κ1) is 18.4. The molecule has 3 aromatic rings. The minimum absolute atomic E-state index is 0.0468. The van der Waals surface area contributed by atoms with Crippen molar-refractivity contribution >= 4 is 34.2 Å². The third-order valence-corrected chi connectivity index (χ3v) is 5.13. The number of rotatable bonds is 3. The summed E-state index contributed by atoms with van der Waals surface area (Å²) in [4.78, 5) is 29.1. The number of fused-ring (bicyclic) bond motifs is 1. The molecule has 1 aromatic heterocycles. The molecule has 0 spiro atoms. The van der Waals surface area contributed by atoms with Gasteiger partial charge in [0.05, 0.1) is 18.2 Å². The van der Waals surface area contributed by atoms with Gasteiger partial charge in [-0.25, -0.2) is 0 Å². The van der Waals surface area contributed by atoms with Gasteiger partial charge in [-0.05, 0) is 30.3 Å². The van der Waals surface area contributed by atoms with Crippen LogP contribution in [0.15, 0.2) is 57.7 Å². The van der Waals surface area contributed by atoms with E-state index >= 15 is 0 Å². The Bertz CT molecular complexity index is 1090. The third-order valence-electron chi connectivity index (χ3n) is 4.89. The highest BCUT2D eigenvalue weighted by Gasteiger charge is 2.25. The van der Waals surface area contributed by atoms with E-state index in [4.69, 9.17) is 20.8 Å². The predicted molar refractivity (Wildman–Crippen MR) is 109 cm³/mol. The van der Waals surface area contributed by atoms with Crippen LogP contribution in [0.4, 0.5) is 5.69 Å². The molecular weight excluding hydrogens is 380 g/mol. The summed E-state index contributed by atoms with van der Waals surface area (Å²) in [6.07, 6.45) is 0. The van der Waals surface area contributed by atoms with E-state index in [-0.39, 0.29) is 17.1 Å². The highest BCUT2D eigenvalue weighted by molar-refractivity contribution is 6.31. The van der Waals surface area contributed by atoms with Gasteiger partial charge < -0.3 is 19.0 Å². The molecular formula is C21H19ClN2O4. The fraction of sp³-hybridized carbons (Fsp3) is 0.238. The van der Waals surface area contributed by atoms with E-state index in [1.165, 1.54) is 6.07 Å². The zero-order chi connectivity index (χ0) is 19.7. The van der Waals surface area contributed by atoms with Crippen molar-refractivity contribution in [3.05, 3.63) is 69.5 Å². The molecule has 0 radical (unpaired) electrons. The van der Waals surface area contributed by atoms with Crippen LogP contribution in [0.5, 0.6) is 5.75 Å². The van der Waals surface area contributed by atoms with Crippen LogP contribution >= 0.6 is 11.6 Å². The fourth-order valence-corrected chi connectivity index (χ4v) is 3.60. The lowest BCUT2D eigenvalue weighted by atomic mass is 10.2. The van der Waals surface area contributed by atoms with Crippen molar-refractivity contribution in [3.8, 4) is 5.75 Å². The molecule has 0 atom stereocenters. The number of anilines is 1. The van der Waals surface area contributed by atoms with Gasteiger partial charge in [0.15, 0.2) is 11.2 Å². The summed E-state index contributed by atoms with van der Waals surface area (Å²) in [6, 6.07) is 13.8. The number of halogens is 1. The number of carbonyl (C=O) groups excluding carboxylic acids is 1. The second-order valence-corrected chi connectivity index (χ2v) is 7.00. The molecule has 2 aromatic carbocycles. The first-order chi connectivity index (χ1) is 13.6. The predicted octanol–water partition coefficient (Wildman–Crippen LogP) is 3.42. The number of carbonyl (C=O) groups is 1. The lowest BCUT2D eigenvalue weighted by Crippen LogP contribution is -2.49. The van der Waals surface area contributed by atoms with Gasteiger partial charge in [0.2, 0.25) is 0 Å². The van der Waals surface area contributed by atoms with E-state index in [0.717, 1.165) is 11.4 Å². The van der Waals surface area contributed by atoms with E-state index in [2.05, 4.69) is 4.90 Å². The molecule has 1 fully saturated rings. The first-order valence-corrected chi connectivity index (χ1v) is 9.35. The SMILES string of the molecule is COc1ccccc1N1CCN(C(=O)c2cc(=O)c3cc(Cl)ccc3o2)CC1. The first-order valence-electron chi connectivity index (χ1n) is 8.97. The van der Waals surface area contributed by atoms with Crippen LogP contribution in [0.3, 0.4) is 0 Å². The van der Waals surface area contributed by atoms with Crippen molar-refractivity contribution < 1.29 is 13.9 Å². The van der Waals surface area contributed by atoms with Crippen LogP contribution < -0.4 is 15.1 Å². The smallest absolute Gasteiger partial charge is 0.289 e. The molecule has 0 unspecified atom stereocenters. The van der Waals surface area contributed by atoms with Crippen LogP contribution in [0.1, 0.15) is 10.6 Å². The Balaban J connectivity index is 1.52. The van der Waals surface area contributed by atoms with Gasteiger partial charge >= 0.3 is 0 Å². The second kappa shape index (κ2) is 7.56. The molecule has 2 heterocycles. The number of methoxy groups -OCH3 is 1. The van der Waals surface area contributed by atoms with E-state index in [0.29, 0.717) is 42.2 Å². The number of benzene rings is 2. The van der Waals surface area contributed by atoms with Gasteiger partial charge in [0, 0.05) is 37.3 Å². The average molecular weight is 399 g/mol. The summed E-state index contributed by atoms with van der Waals surface area (Å²) >= 11 is 5.93. The molecule has 144 valence electrons. The zero-order valence-electron chi connectivity index (χ0n) is 15.4. The monoisotopic (exact) mass is 398 g/mol. The maximum atomic E-state index is 12.9. The van der Waals surface area contributed by atoms with Crippen molar-refractivity contribution in [2.24, 2.45) is 0 Å². The van der Waals surface area contributed by atoms with E-state index in [9.17, 15) is 9.59 Å². The van der Waals surface area contributed by atoms with Gasteiger partial charge in [-0.2, -0.15) is 0 Å². The molecule has 1 amide bonds. The Labute approximate surface area is 166 Å². The number of amides is 1.